The number of fused-ring (bicyclic) bond motifs is 1. The summed E-state index contributed by atoms with van der Waals surface area (Å²) in [5.74, 6) is -0.0681. The fourth-order valence-electron chi connectivity index (χ4n) is 3.06. The van der Waals surface area contributed by atoms with Crippen molar-refractivity contribution in [2.24, 2.45) is 5.10 Å². The number of carbonyl (C=O) groups excluding carboxylic acids is 1. The second-order valence-corrected chi connectivity index (χ2v) is 6.46. The Balaban J connectivity index is 1.33. The highest BCUT2D eigenvalue weighted by molar-refractivity contribution is 5.94. The van der Waals surface area contributed by atoms with Crippen LogP contribution >= 0.6 is 0 Å². The molecule has 1 amide bonds. The van der Waals surface area contributed by atoms with Crippen LogP contribution in [0.4, 0.5) is 5.69 Å². The first kappa shape index (κ1) is 16.3. The van der Waals surface area contributed by atoms with Crippen LogP contribution in [-0.2, 0) is 6.42 Å². The largest absolute Gasteiger partial charge is 0.352 e. The maximum absolute atomic E-state index is 12.3. The summed E-state index contributed by atoms with van der Waals surface area (Å²) in [5, 5.41) is 9.41. The SMILES string of the molecule is CC1=NN(c2ccc(C(=O)NCCc3cn4ccccc4n3)cc2)CC1. The van der Waals surface area contributed by atoms with Crippen molar-refractivity contribution in [3.63, 3.8) is 0 Å². The first-order valence-electron chi connectivity index (χ1n) is 8.81. The Hall–Kier alpha value is -3.15. The number of pyridine rings is 1. The summed E-state index contributed by atoms with van der Waals surface area (Å²) in [6.07, 6.45) is 5.66. The molecule has 0 radical (unpaired) electrons. The number of hydrogen-bond donors (Lipinski definition) is 1. The second-order valence-electron chi connectivity index (χ2n) is 6.46. The van der Waals surface area contributed by atoms with Gasteiger partial charge >= 0.3 is 0 Å². The zero-order valence-corrected chi connectivity index (χ0v) is 14.7. The summed E-state index contributed by atoms with van der Waals surface area (Å²) in [6.45, 7) is 3.49. The van der Waals surface area contributed by atoms with Crippen molar-refractivity contribution >= 4 is 23.0 Å². The average Bonchev–Trinajstić information content (AvgIpc) is 3.27. The highest BCUT2D eigenvalue weighted by Crippen LogP contribution is 2.19. The quantitative estimate of drug-likeness (QED) is 0.772. The number of rotatable bonds is 5. The van der Waals surface area contributed by atoms with E-state index in [1.807, 2.05) is 71.2 Å². The number of anilines is 1. The van der Waals surface area contributed by atoms with Crippen molar-refractivity contribution in [2.45, 2.75) is 19.8 Å². The predicted octanol–water partition coefficient (Wildman–Crippen LogP) is 2.89. The molecule has 0 unspecified atom stereocenters. The molecule has 1 aromatic carbocycles. The minimum absolute atomic E-state index is 0.0681. The van der Waals surface area contributed by atoms with Gasteiger partial charge in [-0.3, -0.25) is 9.80 Å². The zero-order chi connectivity index (χ0) is 17.9. The minimum Gasteiger partial charge on any atom is -0.352 e. The Morgan fingerprint density at radius 2 is 2.04 bits per heavy atom. The summed E-state index contributed by atoms with van der Waals surface area (Å²) in [5.41, 5.74) is 4.70. The molecular formula is C20H21N5O. The Bertz CT molecular complexity index is 925. The van der Waals surface area contributed by atoms with Gasteiger partial charge in [-0.15, -0.1) is 0 Å². The Kier molecular flexibility index (Phi) is 4.39. The fourth-order valence-corrected chi connectivity index (χ4v) is 3.06. The third kappa shape index (κ3) is 3.44. The molecule has 2 aromatic heterocycles. The van der Waals surface area contributed by atoms with Crippen LogP contribution < -0.4 is 10.3 Å². The lowest BCUT2D eigenvalue weighted by Gasteiger charge is -2.13. The highest BCUT2D eigenvalue weighted by atomic mass is 16.1. The average molecular weight is 347 g/mol. The van der Waals surface area contributed by atoms with E-state index < -0.39 is 0 Å². The van der Waals surface area contributed by atoms with Crippen molar-refractivity contribution < 1.29 is 4.79 Å². The van der Waals surface area contributed by atoms with Crippen LogP contribution in [0.1, 0.15) is 29.4 Å². The number of benzene rings is 1. The molecule has 132 valence electrons. The van der Waals surface area contributed by atoms with Gasteiger partial charge in [0.05, 0.1) is 11.4 Å². The van der Waals surface area contributed by atoms with E-state index in [0.29, 0.717) is 18.5 Å². The molecular weight excluding hydrogens is 326 g/mol. The van der Waals surface area contributed by atoms with Gasteiger partial charge in [0.2, 0.25) is 0 Å². The molecule has 3 aromatic rings. The van der Waals surface area contributed by atoms with Crippen molar-refractivity contribution in [3.05, 3.63) is 66.1 Å². The van der Waals surface area contributed by atoms with Crippen LogP contribution in [0, 0.1) is 0 Å². The standard InChI is InChI=1S/C20H21N5O/c1-15-10-13-25(23-15)18-7-5-16(6-8-18)20(26)21-11-9-17-14-24-12-3-2-4-19(24)22-17/h2-8,12,14H,9-11,13H2,1H3,(H,21,26). The van der Waals surface area contributed by atoms with E-state index in [1.165, 1.54) is 0 Å². The van der Waals surface area contributed by atoms with Crippen LogP contribution in [0.5, 0.6) is 0 Å². The van der Waals surface area contributed by atoms with E-state index in [9.17, 15) is 4.79 Å². The third-order valence-electron chi connectivity index (χ3n) is 4.48. The molecule has 0 bridgehead atoms. The smallest absolute Gasteiger partial charge is 0.251 e. The molecule has 0 saturated heterocycles. The summed E-state index contributed by atoms with van der Waals surface area (Å²) >= 11 is 0. The van der Waals surface area contributed by atoms with E-state index in [1.54, 1.807) is 0 Å². The van der Waals surface area contributed by atoms with Crippen LogP contribution in [0.2, 0.25) is 0 Å². The Morgan fingerprint density at radius 3 is 2.77 bits per heavy atom. The number of aromatic nitrogens is 2. The lowest BCUT2D eigenvalue weighted by Crippen LogP contribution is -2.25. The molecule has 6 nitrogen and oxygen atoms in total. The maximum Gasteiger partial charge on any atom is 0.251 e. The van der Waals surface area contributed by atoms with Crippen LogP contribution in [-0.4, -0.2) is 34.1 Å². The van der Waals surface area contributed by atoms with Gasteiger partial charge in [-0.1, -0.05) is 6.07 Å². The van der Waals surface area contributed by atoms with Crippen LogP contribution in [0.15, 0.2) is 60.0 Å². The normalized spacial score (nSPS) is 13.9. The molecule has 1 aliphatic rings. The highest BCUT2D eigenvalue weighted by Gasteiger charge is 2.13. The summed E-state index contributed by atoms with van der Waals surface area (Å²) in [4.78, 5) is 16.9. The van der Waals surface area contributed by atoms with E-state index in [4.69, 9.17) is 0 Å². The Labute approximate surface area is 152 Å². The summed E-state index contributed by atoms with van der Waals surface area (Å²) in [6, 6.07) is 13.5. The molecule has 0 saturated carbocycles. The van der Waals surface area contributed by atoms with Gasteiger partial charge in [-0.05, 0) is 43.3 Å². The molecule has 0 fully saturated rings. The van der Waals surface area contributed by atoms with Gasteiger partial charge in [0.1, 0.15) is 5.65 Å². The molecule has 0 spiro atoms. The first-order valence-corrected chi connectivity index (χ1v) is 8.81. The van der Waals surface area contributed by atoms with Gasteiger partial charge in [0, 0.05) is 49.6 Å². The number of carbonyl (C=O) groups is 1. The topological polar surface area (TPSA) is 62.0 Å². The molecule has 1 aliphatic heterocycles. The van der Waals surface area contributed by atoms with Crippen LogP contribution in [0.3, 0.4) is 0 Å². The molecule has 6 heteroatoms. The van der Waals surface area contributed by atoms with Gasteiger partial charge in [-0.2, -0.15) is 5.10 Å². The number of imidazole rings is 1. The molecule has 0 aliphatic carbocycles. The van der Waals surface area contributed by atoms with Crippen molar-refractivity contribution in [3.8, 4) is 0 Å². The lowest BCUT2D eigenvalue weighted by atomic mass is 10.2. The maximum atomic E-state index is 12.3. The summed E-state index contributed by atoms with van der Waals surface area (Å²) < 4.78 is 1.98. The number of hydrogen-bond acceptors (Lipinski definition) is 4. The Morgan fingerprint density at radius 1 is 1.19 bits per heavy atom. The summed E-state index contributed by atoms with van der Waals surface area (Å²) in [7, 11) is 0. The van der Waals surface area contributed by atoms with Crippen molar-refractivity contribution in [1.29, 1.82) is 0 Å². The monoisotopic (exact) mass is 347 g/mol. The van der Waals surface area contributed by atoms with E-state index in [0.717, 1.165) is 35.7 Å². The molecule has 1 N–H and O–H groups in total. The number of nitrogens with one attached hydrogen (secondary N) is 1. The number of nitrogens with zero attached hydrogens (tertiary/aromatic N) is 4. The zero-order valence-electron chi connectivity index (χ0n) is 14.7. The van der Waals surface area contributed by atoms with Gasteiger partial charge in [-0.25, -0.2) is 4.98 Å². The van der Waals surface area contributed by atoms with Crippen molar-refractivity contribution in [1.82, 2.24) is 14.7 Å². The number of hydrazone groups is 1. The molecule has 26 heavy (non-hydrogen) atoms. The van der Waals surface area contributed by atoms with Crippen LogP contribution in [0.25, 0.3) is 5.65 Å². The molecule has 0 atom stereocenters. The third-order valence-corrected chi connectivity index (χ3v) is 4.48. The van der Waals surface area contributed by atoms with Gasteiger partial charge in [0.25, 0.3) is 5.91 Å². The lowest BCUT2D eigenvalue weighted by molar-refractivity contribution is 0.0954. The second kappa shape index (κ2) is 7.00. The van der Waals surface area contributed by atoms with Crippen molar-refractivity contribution in [2.75, 3.05) is 18.1 Å². The predicted molar refractivity (Wildman–Crippen MR) is 103 cm³/mol. The molecule has 4 rings (SSSR count). The van der Waals surface area contributed by atoms with E-state index in [-0.39, 0.29) is 5.91 Å². The molecule has 3 heterocycles. The van der Waals surface area contributed by atoms with E-state index in [2.05, 4.69) is 15.4 Å². The van der Waals surface area contributed by atoms with Gasteiger partial charge < -0.3 is 9.72 Å². The minimum atomic E-state index is -0.0681. The van der Waals surface area contributed by atoms with E-state index >= 15 is 0 Å². The first-order chi connectivity index (χ1) is 12.7. The fraction of sp³-hybridized carbons (Fsp3) is 0.250. The number of amides is 1. The van der Waals surface area contributed by atoms with Gasteiger partial charge in [0.15, 0.2) is 0 Å².